The number of Topliss-reactive ketones (excluding diaryl/α,β-unsaturated/α-hetero) is 1. The van der Waals surface area contributed by atoms with Crippen LogP contribution in [0.25, 0.3) is 0 Å². The zero-order valence-electron chi connectivity index (χ0n) is 29.0. The molecule has 3 fully saturated rings. The van der Waals surface area contributed by atoms with Gasteiger partial charge in [-0.1, -0.05) is 24.3 Å². The van der Waals surface area contributed by atoms with Crippen LogP contribution < -0.4 is 20.1 Å². The topological polar surface area (TPSA) is 157 Å². The van der Waals surface area contributed by atoms with E-state index in [9.17, 15) is 24.0 Å². The number of ketones is 1. The van der Waals surface area contributed by atoms with Gasteiger partial charge in [-0.2, -0.15) is 11.8 Å². The number of anilines is 1. The Morgan fingerprint density at radius 1 is 0.849 bits per heavy atom. The first kappa shape index (κ1) is 34.5. The Bertz CT molecular complexity index is 2090. The average Bonchev–Trinajstić information content (AvgIpc) is 3.39. The van der Waals surface area contributed by atoms with Crippen LogP contribution in [0.1, 0.15) is 87.8 Å². The predicted octanol–water partition coefficient (Wildman–Crippen LogP) is 5.71. The van der Waals surface area contributed by atoms with Gasteiger partial charge < -0.3 is 14.8 Å². The summed E-state index contributed by atoms with van der Waals surface area (Å²) >= 11 is 1.98. The number of ether oxygens (including phenoxy) is 2. The summed E-state index contributed by atoms with van der Waals surface area (Å²) in [7, 11) is 0. The van der Waals surface area contributed by atoms with E-state index in [1.165, 1.54) is 18.1 Å². The molecule has 2 N–H and O–H groups in total. The number of fused-ring (bicyclic) bond motifs is 1. The van der Waals surface area contributed by atoms with Gasteiger partial charge >= 0.3 is 0 Å². The summed E-state index contributed by atoms with van der Waals surface area (Å²) in [6.07, 6.45) is 3.82. The molecule has 8 rings (SSSR count). The Hall–Kier alpha value is -5.56. The quantitative estimate of drug-likeness (QED) is 0.152. The maximum Gasteiger partial charge on any atom is 0.262 e. The maximum absolute atomic E-state index is 13.2. The van der Waals surface area contributed by atoms with Gasteiger partial charge in [0, 0.05) is 49.4 Å². The number of imide groups is 2. The van der Waals surface area contributed by atoms with Crippen molar-refractivity contribution in [2.24, 2.45) is 0 Å². The highest BCUT2D eigenvalue weighted by Crippen LogP contribution is 2.45. The number of benzene rings is 3. The molecule has 4 amide bonds. The maximum atomic E-state index is 13.2. The summed E-state index contributed by atoms with van der Waals surface area (Å²) < 4.78 is 12.2. The number of piperidine rings is 1. The lowest BCUT2D eigenvalue weighted by Gasteiger charge is -2.39. The van der Waals surface area contributed by atoms with E-state index in [4.69, 9.17) is 9.47 Å². The van der Waals surface area contributed by atoms with Gasteiger partial charge in [-0.15, -0.1) is 10.2 Å². The summed E-state index contributed by atoms with van der Waals surface area (Å²) in [6.45, 7) is 1.45. The number of carbonyl (C=O) groups is 5. The molecule has 1 atom stereocenters. The molecule has 0 radical (unpaired) electrons. The second-order valence-electron chi connectivity index (χ2n) is 13.9. The minimum atomic E-state index is -0.990. The molecule has 1 aliphatic carbocycles. The van der Waals surface area contributed by atoms with Gasteiger partial charge in [-0.05, 0) is 90.4 Å². The normalized spacial score (nSPS) is 22.1. The highest BCUT2D eigenvalue weighted by atomic mass is 32.2. The van der Waals surface area contributed by atoms with Crippen molar-refractivity contribution in [2.45, 2.75) is 69.1 Å². The molecule has 53 heavy (non-hydrogen) atoms. The Morgan fingerprint density at radius 3 is 2.17 bits per heavy atom. The van der Waals surface area contributed by atoms with Crippen LogP contribution in [-0.4, -0.2) is 74.2 Å². The molecule has 270 valence electrons. The number of carbonyl (C=O) groups excluding carboxylic acids is 5. The first-order chi connectivity index (χ1) is 25.7. The van der Waals surface area contributed by atoms with Crippen LogP contribution in [-0.2, 0) is 15.0 Å². The van der Waals surface area contributed by atoms with Crippen molar-refractivity contribution in [2.75, 3.05) is 16.8 Å². The van der Waals surface area contributed by atoms with E-state index >= 15 is 0 Å². The SMILES string of the molecule is CC(=O)c1ccc(Oc2ccc(C3(c4ccc(OC5CC(Nc6ccc7c(c6)C(=O)N(C6CCC(=O)NC6=O)C7=O)C5)cc4)CCSCC3)cc2)nn1. The first-order valence-electron chi connectivity index (χ1n) is 17.8. The summed E-state index contributed by atoms with van der Waals surface area (Å²) in [5, 5.41) is 13.6. The van der Waals surface area contributed by atoms with Gasteiger partial charge in [-0.3, -0.25) is 34.2 Å². The van der Waals surface area contributed by atoms with Crippen LogP contribution in [0.4, 0.5) is 5.69 Å². The van der Waals surface area contributed by atoms with Gasteiger partial charge in [0.2, 0.25) is 17.7 Å². The zero-order chi connectivity index (χ0) is 36.7. The Labute approximate surface area is 310 Å². The number of hydrogen-bond donors (Lipinski definition) is 2. The number of hydrogen-bond acceptors (Lipinski definition) is 11. The minimum absolute atomic E-state index is 0.0370. The lowest BCUT2D eigenvalue weighted by Crippen LogP contribution is -2.54. The molecule has 4 heterocycles. The lowest BCUT2D eigenvalue weighted by atomic mass is 9.70. The zero-order valence-corrected chi connectivity index (χ0v) is 29.8. The fourth-order valence-corrected chi connectivity index (χ4v) is 8.80. The molecule has 1 aromatic heterocycles. The number of nitrogens with zero attached hydrogens (tertiary/aromatic N) is 3. The highest BCUT2D eigenvalue weighted by Gasteiger charge is 2.45. The van der Waals surface area contributed by atoms with E-state index in [1.807, 2.05) is 23.9 Å². The Kier molecular flexibility index (Phi) is 9.19. The Morgan fingerprint density at radius 2 is 1.53 bits per heavy atom. The van der Waals surface area contributed by atoms with Gasteiger partial charge in [0.05, 0.1) is 11.1 Å². The smallest absolute Gasteiger partial charge is 0.262 e. The molecule has 2 saturated heterocycles. The third kappa shape index (κ3) is 6.76. The van der Waals surface area contributed by atoms with E-state index in [0.29, 0.717) is 17.3 Å². The van der Waals surface area contributed by atoms with Gasteiger partial charge in [-0.25, -0.2) is 0 Å². The second kappa shape index (κ2) is 14.1. The first-order valence-corrected chi connectivity index (χ1v) is 18.9. The third-order valence-corrected chi connectivity index (χ3v) is 11.6. The third-order valence-electron chi connectivity index (χ3n) is 10.6. The number of nitrogens with one attached hydrogen (secondary N) is 2. The summed E-state index contributed by atoms with van der Waals surface area (Å²) in [4.78, 5) is 62.7. The van der Waals surface area contributed by atoms with Crippen molar-refractivity contribution in [1.82, 2.24) is 20.4 Å². The monoisotopic (exact) mass is 731 g/mol. The molecular weight excluding hydrogens is 695 g/mol. The number of amides is 4. The van der Waals surface area contributed by atoms with E-state index in [-0.39, 0.29) is 47.3 Å². The lowest BCUT2D eigenvalue weighted by molar-refractivity contribution is -0.136. The standard InChI is InChI=1S/C40H37N5O7S/c1-23(46)33-12-15-36(44-43-33)52-29-9-4-25(5-10-29)40(16-18-53-19-17-40)24-2-7-28(8-3-24)51-30-20-27(21-30)41-26-6-11-31-32(22-26)39(50)45(38(31)49)34-13-14-35(47)42-37(34)48/h2-12,15,22,27,30,34,41H,13-14,16-21H2,1H3,(H,42,47,48). The number of aromatic nitrogens is 2. The van der Waals surface area contributed by atoms with E-state index in [1.54, 1.807) is 30.3 Å². The van der Waals surface area contributed by atoms with Gasteiger partial charge in [0.25, 0.3) is 11.8 Å². The van der Waals surface area contributed by atoms with Crippen LogP contribution in [0.3, 0.4) is 0 Å². The molecule has 1 saturated carbocycles. The van der Waals surface area contributed by atoms with Crippen LogP contribution >= 0.6 is 11.8 Å². The average molecular weight is 732 g/mol. The predicted molar refractivity (Wildman–Crippen MR) is 197 cm³/mol. The van der Waals surface area contributed by atoms with Gasteiger partial charge in [0.1, 0.15) is 29.3 Å². The second-order valence-corrected chi connectivity index (χ2v) is 15.1. The molecule has 0 bridgehead atoms. The van der Waals surface area contributed by atoms with Crippen molar-refractivity contribution in [1.29, 1.82) is 0 Å². The largest absolute Gasteiger partial charge is 0.490 e. The van der Waals surface area contributed by atoms with Gasteiger partial charge in [0.15, 0.2) is 5.78 Å². The van der Waals surface area contributed by atoms with Crippen LogP contribution in [0.5, 0.6) is 17.4 Å². The summed E-state index contributed by atoms with van der Waals surface area (Å²) in [6, 6.07) is 24.1. The molecule has 0 spiro atoms. The van der Waals surface area contributed by atoms with Crippen molar-refractivity contribution in [3.63, 3.8) is 0 Å². The van der Waals surface area contributed by atoms with Crippen LogP contribution in [0.2, 0.25) is 0 Å². The van der Waals surface area contributed by atoms with Crippen LogP contribution in [0.15, 0.2) is 78.9 Å². The molecule has 3 aromatic carbocycles. The minimum Gasteiger partial charge on any atom is -0.490 e. The highest BCUT2D eigenvalue weighted by molar-refractivity contribution is 7.99. The molecule has 4 aliphatic rings. The van der Waals surface area contributed by atoms with E-state index < -0.39 is 29.7 Å². The molecule has 4 aromatic rings. The van der Waals surface area contributed by atoms with E-state index in [0.717, 1.165) is 53.5 Å². The molecule has 12 nitrogen and oxygen atoms in total. The summed E-state index contributed by atoms with van der Waals surface area (Å²) in [5.74, 6) is 1.71. The van der Waals surface area contributed by atoms with E-state index in [2.05, 4.69) is 57.2 Å². The molecular formula is C40H37N5O7S. The fraction of sp³-hybridized carbons (Fsp3) is 0.325. The molecule has 13 heteroatoms. The van der Waals surface area contributed by atoms with Crippen molar-refractivity contribution in [3.05, 3.63) is 107 Å². The van der Waals surface area contributed by atoms with Crippen molar-refractivity contribution < 1.29 is 33.4 Å². The Balaban J connectivity index is 0.875. The fourth-order valence-electron chi connectivity index (χ4n) is 7.61. The molecule has 3 aliphatic heterocycles. The van der Waals surface area contributed by atoms with Crippen molar-refractivity contribution in [3.8, 4) is 17.4 Å². The number of rotatable bonds is 10. The summed E-state index contributed by atoms with van der Waals surface area (Å²) in [5.41, 5.74) is 3.87. The molecule has 1 unspecified atom stereocenters. The van der Waals surface area contributed by atoms with Crippen molar-refractivity contribution >= 4 is 46.9 Å². The van der Waals surface area contributed by atoms with Crippen LogP contribution in [0, 0.1) is 0 Å². The number of thioether (sulfide) groups is 1.